The summed E-state index contributed by atoms with van der Waals surface area (Å²) in [7, 11) is 1.74. The van der Waals surface area contributed by atoms with Crippen LogP contribution in [0.3, 0.4) is 0 Å². The summed E-state index contributed by atoms with van der Waals surface area (Å²) >= 11 is 7.31. The Balaban J connectivity index is 1.61. The molecule has 3 aromatic rings. The van der Waals surface area contributed by atoms with E-state index in [2.05, 4.69) is 48.3 Å². The summed E-state index contributed by atoms with van der Waals surface area (Å²) in [6, 6.07) is 23.9. The number of aliphatic imine (C=N–C) groups is 1. The quantitative estimate of drug-likeness (QED) is 0.452. The van der Waals surface area contributed by atoms with Crippen LogP contribution in [-0.2, 0) is 4.79 Å². The Labute approximate surface area is 179 Å². The van der Waals surface area contributed by atoms with Crippen molar-refractivity contribution in [1.29, 1.82) is 0 Å². The van der Waals surface area contributed by atoms with Gasteiger partial charge < -0.3 is 0 Å². The summed E-state index contributed by atoms with van der Waals surface area (Å²) in [4.78, 5) is 19.5. The van der Waals surface area contributed by atoms with Gasteiger partial charge in [-0.1, -0.05) is 59.6 Å². The number of thioether (sulfide) groups is 1. The number of rotatable bonds is 3. The molecule has 0 aromatic heterocycles. The van der Waals surface area contributed by atoms with E-state index in [1.54, 1.807) is 24.1 Å². The van der Waals surface area contributed by atoms with Crippen LogP contribution in [0.4, 0.5) is 5.69 Å². The number of carbonyl (C=O) groups excluding carboxylic acids is 1. The second kappa shape index (κ2) is 8.27. The van der Waals surface area contributed by atoms with Crippen molar-refractivity contribution in [1.82, 2.24) is 4.90 Å². The predicted molar refractivity (Wildman–Crippen MR) is 123 cm³/mol. The second-order valence-corrected chi connectivity index (χ2v) is 8.28. The molecule has 0 aliphatic carbocycles. The third-order valence-corrected chi connectivity index (χ3v) is 5.94. The fourth-order valence-corrected chi connectivity index (χ4v) is 4.10. The van der Waals surface area contributed by atoms with Crippen molar-refractivity contribution in [3.8, 4) is 11.1 Å². The summed E-state index contributed by atoms with van der Waals surface area (Å²) in [6.07, 6.45) is 1.92. The van der Waals surface area contributed by atoms with Crippen molar-refractivity contribution in [3.05, 3.63) is 93.9 Å². The zero-order valence-electron chi connectivity index (χ0n) is 16.1. The van der Waals surface area contributed by atoms with Crippen molar-refractivity contribution < 1.29 is 4.79 Å². The van der Waals surface area contributed by atoms with E-state index in [-0.39, 0.29) is 5.91 Å². The monoisotopic (exact) mass is 418 g/mol. The smallest absolute Gasteiger partial charge is 0.266 e. The van der Waals surface area contributed by atoms with Crippen LogP contribution in [-0.4, -0.2) is 23.0 Å². The summed E-state index contributed by atoms with van der Waals surface area (Å²) in [5.74, 6) is -0.0524. The van der Waals surface area contributed by atoms with Gasteiger partial charge in [0.05, 0.1) is 10.6 Å². The minimum atomic E-state index is -0.0524. The maximum absolute atomic E-state index is 12.7. The lowest BCUT2D eigenvalue weighted by molar-refractivity contribution is -0.121. The number of likely N-dealkylation sites (N-methyl/N-ethyl adjacent to an activating group) is 1. The Bertz CT molecular complexity index is 1120. The largest absolute Gasteiger partial charge is 0.290 e. The van der Waals surface area contributed by atoms with E-state index in [0.717, 1.165) is 22.4 Å². The minimum absolute atomic E-state index is 0.0524. The zero-order valence-corrected chi connectivity index (χ0v) is 17.7. The minimum Gasteiger partial charge on any atom is -0.290 e. The van der Waals surface area contributed by atoms with E-state index in [1.165, 1.54) is 17.3 Å². The third kappa shape index (κ3) is 4.44. The van der Waals surface area contributed by atoms with Gasteiger partial charge in [0.1, 0.15) is 0 Å². The van der Waals surface area contributed by atoms with E-state index < -0.39 is 0 Å². The fourth-order valence-electron chi connectivity index (χ4n) is 2.98. The molecule has 3 aromatic carbocycles. The van der Waals surface area contributed by atoms with Crippen LogP contribution in [0.15, 0.2) is 82.7 Å². The maximum Gasteiger partial charge on any atom is 0.266 e. The van der Waals surface area contributed by atoms with E-state index in [9.17, 15) is 4.79 Å². The van der Waals surface area contributed by atoms with Gasteiger partial charge >= 0.3 is 0 Å². The second-order valence-electron chi connectivity index (χ2n) is 6.84. The van der Waals surface area contributed by atoms with Crippen LogP contribution >= 0.6 is 23.4 Å². The summed E-state index contributed by atoms with van der Waals surface area (Å²) in [6.45, 7) is 2.08. The van der Waals surface area contributed by atoms with Gasteiger partial charge in [0.25, 0.3) is 5.91 Å². The molecular formula is C24H19ClN2OS. The summed E-state index contributed by atoms with van der Waals surface area (Å²) < 4.78 is 0. The highest BCUT2D eigenvalue weighted by Crippen LogP contribution is 2.34. The van der Waals surface area contributed by atoms with Gasteiger partial charge in [-0.25, -0.2) is 4.99 Å². The molecule has 1 fully saturated rings. The summed E-state index contributed by atoms with van der Waals surface area (Å²) in [5, 5.41) is 1.31. The van der Waals surface area contributed by atoms with E-state index >= 15 is 0 Å². The molecule has 1 aliphatic rings. The van der Waals surface area contributed by atoms with Crippen LogP contribution < -0.4 is 0 Å². The molecule has 0 saturated carbocycles. The fraction of sp³-hybridized carbons (Fsp3) is 0.0833. The lowest BCUT2D eigenvalue weighted by Gasteiger charge is -2.07. The van der Waals surface area contributed by atoms with Crippen molar-refractivity contribution in [2.75, 3.05) is 7.05 Å². The molecule has 29 heavy (non-hydrogen) atoms. The Morgan fingerprint density at radius 1 is 0.966 bits per heavy atom. The molecule has 3 nitrogen and oxygen atoms in total. The van der Waals surface area contributed by atoms with Gasteiger partial charge in [0, 0.05) is 12.1 Å². The van der Waals surface area contributed by atoms with Crippen LogP contribution in [0.2, 0.25) is 5.02 Å². The molecule has 1 aliphatic heterocycles. The standard InChI is InChI=1S/C24H19ClN2OS/c1-16-6-8-18(9-7-16)19-5-3-4-17(14-19)15-22-23(28)27(2)24(29-22)26-21-12-10-20(25)11-13-21/h3-15H,1-2H3/b22-15-,26-24?. The number of carbonyl (C=O) groups is 1. The first-order chi connectivity index (χ1) is 14.0. The lowest BCUT2D eigenvalue weighted by atomic mass is 10.0. The van der Waals surface area contributed by atoms with Crippen LogP contribution in [0.25, 0.3) is 17.2 Å². The summed E-state index contributed by atoms with van der Waals surface area (Å²) in [5.41, 5.74) is 5.26. The molecule has 0 radical (unpaired) electrons. The van der Waals surface area contributed by atoms with Crippen molar-refractivity contribution in [2.24, 2.45) is 4.99 Å². The molecule has 0 N–H and O–H groups in total. The number of hydrogen-bond acceptors (Lipinski definition) is 3. The number of amidine groups is 1. The normalized spacial score (nSPS) is 16.8. The van der Waals surface area contributed by atoms with Crippen molar-refractivity contribution in [2.45, 2.75) is 6.92 Å². The number of hydrogen-bond donors (Lipinski definition) is 0. The average Bonchev–Trinajstić information content (AvgIpc) is 2.98. The van der Waals surface area contributed by atoms with E-state index in [4.69, 9.17) is 11.6 Å². The Kier molecular flexibility index (Phi) is 5.56. The van der Waals surface area contributed by atoms with Crippen molar-refractivity contribution >= 4 is 46.2 Å². The van der Waals surface area contributed by atoms with Gasteiger partial charge in [-0.2, -0.15) is 0 Å². The van der Waals surface area contributed by atoms with Crippen LogP contribution in [0.1, 0.15) is 11.1 Å². The number of amides is 1. The van der Waals surface area contributed by atoms with Gasteiger partial charge in [-0.05, 0) is 71.8 Å². The molecule has 1 heterocycles. The molecule has 0 bridgehead atoms. The first kappa shape index (κ1) is 19.5. The average molecular weight is 419 g/mol. The molecule has 0 unspecified atom stereocenters. The van der Waals surface area contributed by atoms with Gasteiger partial charge in [-0.15, -0.1) is 0 Å². The van der Waals surface area contributed by atoms with Gasteiger partial charge in [0.2, 0.25) is 0 Å². The molecule has 0 spiro atoms. The third-order valence-electron chi connectivity index (χ3n) is 4.62. The van der Waals surface area contributed by atoms with Crippen LogP contribution in [0.5, 0.6) is 0 Å². The Hall–Kier alpha value is -2.82. The number of benzene rings is 3. The number of halogens is 1. The highest BCUT2D eigenvalue weighted by molar-refractivity contribution is 8.18. The zero-order chi connectivity index (χ0) is 20.4. The number of aryl methyl sites for hydroxylation is 1. The van der Waals surface area contributed by atoms with Crippen LogP contribution in [0, 0.1) is 6.92 Å². The molecule has 1 saturated heterocycles. The topological polar surface area (TPSA) is 32.7 Å². The maximum atomic E-state index is 12.7. The highest BCUT2D eigenvalue weighted by Gasteiger charge is 2.30. The Morgan fingerprint density at radius 2 is 1.69 bits per heavy atom. The van der Waals surface area contributed by atoms with E-state index in [1.807, 2.05) is 30.3 Å². The molecule has 4 rings (SSSR count). The van der Waals surface area contributed by atoms with E-state index in [0.29, 0.717) is 15.1 Å². The number of nitrogens with zero attached hydrogens (tertiary/aromatic N) is 2. The molecular weight excluding hydrogens is 400 g/mol. The molecule has 1 amide bonds. The van der Waals surface area contributed by atoms with Crippen molar-refractivity contribution in [3.63, 3.8) is 0 Å². The van der Waals surface area contributed by atoms with Gasteiger partial charge in [0.15, 0.2) is 5.17 Å². The molecule has 5 heteroatoms. The first-order valence-electron chi connectivity index (χ1n) is 9.18. The molecule has 0 atom stereocenters. The Morgan fingerprint density at radius 3 is 2.41 bits per heavy atom. The first-order valence-corrected chi connectivity index (χ1v) is 10.4. The highest BCUT2D eigenvalue weighted by atomic mass is 35.5. The van der Waals surface area contributed by atoms with Gasteiger partial charge in [-0.3, -0.25) is 9.69 Å². The molecule has 144 valence electrons. The lowest BCUT2D eigenvalue weighted by Crippen LogP contribution is -2.23. The SMILES string of the molecule is Cc1ccc(-c2cccc(/C=C3\SC(=Nc4ccc(Cl)cc4)N(C)C3=O)c2)cc1. The predicted octanol–water partition coefficient (Wildman–Crippen LogP) is 6.55.